The number of allylic oxidation sites excluding steroid dienone is 1. The highest BCUT2D eigenvalue weighted by Gasteiger charge is 2.06. The van der Waals surface area contributed by atoms with Crippen LogP contribution in [-0.2, 0) is 19.2 Å². The number of halogens is 7. The first-order valence-corrected chi connectivity index (χ1v) is 15.7. The van der Waals surface area contributed by atoms with Crippen molar-refractivity contribution in [2.75, 3.05) is 59.5 Å². The maximum atomic E-state index is 10.5. The molecule has 9 nitrogen and oxygen atoms in total. The van der Waals surface area contributed by atoms with E-state index in [1.165, 1.54) is 6.26 Å². The molecule has 0 bridgehead atoms. The first kappa shape index (κ1) is 41.6. The number of carbonyl (C=O) groups is 4. The minimum Gasteiger partial charge on any atom is -0.478 e. The van der Waals surface area contributed by atoms with Gasteiger partial charge >= 0.3 is 16.5 Å². The van der Waals surface area contributed by atoms with Gasteiger partial charge in [-0.2, -0.15) is 0 Å². The van der Waals surface area contributed by atoms with Crippen molar-refractivity contribution in [3.8, 4) is 11.5 Å². The molecule has 242 valence electrons. The number of ether oxygens (including phenoxy) is 2. The van der Waals surface area contributed by atoms with Crippen LogP contribution in [0.5, 0.6) is 11.5 Å². The lowest BCUT2D eigenvalue weighted by Gasteiger charge is -2.22. The molecule has 0 amide bonds. The molecule has 16 heteroatoms. The summed E-state index contributed by atoms with van der Waals surface area (Å²) in [4.78, 5) is 43.8. The fourth-order valence-corrected chi connectivity index (χ4v) is 3.82. The number of benzene rings is 2. The van der Waals surface area contributed by atoms with Crippen molar-refractivity contribution in [3.63, 3.8) is 0 Å². The molecule has 0 atom stereocenters. The Bertz CT molecular complexity index is 1090. The van der Waals surface area contributed by atoms with Gasteiger partial charge in [-0.3, -0.25) is 14.4 Å². The molecule has 0 fully saturated rings. The van der Waals surface area contributed by atoms with Crippen molar-refractivity contribution in [3.05, 3.63) is 73.2 Å². The van der Waals surface area contributed by atoms with Gasteiger partial charge in [0.05, 0.1) is 18.6 Å². The average Bonchev–Trinajstić information content (AvgIpc) is 2.98. The lowest BCUT2D eigenvalue weighted by Crippen LogP contribution is -2.27. The summed E-state index contributed by atoms with van der Waals surface area (Å²) in [6.45, 7) is 2.89. The smallest absolute Gasteiger partial charge is 0.331 e. The van der Waals surface area contributed by atoms with E-state index in [0.717, 1.165) is 42.9 Å². The fourth-order valence-electron chi connectivity index (χ4n) is 2.96. The molecule has 0 aliphatic heterocycles. The third-order valence-electron chi connectivity index (χ3n) is 4.79. The van der Waals surface area contributed by atoms with E-state index in [0.29, 0.717) is 48.1 Å². The quantitative estimate of drug-likeness (QED) is 0.0595. The molecule has 0 aromatic heterocycles. The summed E-state index contributed by atoms with van der Waals surface area (Å²) in [5.74, 6) is 2.26. The van der Waals surface area contributed by atoms with E-state index in [1.54, 1.807) is 24.3 Å². The normalized spacial score (nSPS) is 10.2. The van der Waals surface area contributed by atoms with Crippen LogP contribution in [0.4, 0.5) is 11.4 Å². The molecule has 1 N–H and O–H groups in total. The van der Waals surface area contributed by atoms with E-state index in [-0.39, 0.29) is 0 Å². The number of nitrogens with zero attached hydrogens (tertiary/aromatic N) is 2. The zero-order valence-corrected chi connectivity index (χ0v) is 28.3. The van der Waals surface area contributed by atoms with E-state index < -0.39 is 21.7 Å². The minimum atomic E-state index is -1.14. The van der Waals surface area contributed by atoms with Gasteiger partial charge in [0, 0.05) is 67.1 Å². The SMILES string of the molecule is O=C(Cl)/C=C/Oc1ccc(N(CCCl)CCCl)cc1.O=C(Cl)C(=O)Cl.O=C(O)/C=C/Oc1ccc(N(CCCl)CCCl)cc1. The van der Waals surface area contributed by atoms with Crippen LogP contribution >= 0.6 is 81.2 Å². The Morgan fingerprint density at radius 3 is 1.16 bits per heavy atom. The van der Waals surface area contributed by atoms with E-state index in [1.807, 2.05) is 24.3 Å². The van der Waals surface area contributed by atoms with Crippen LogP contribution in [0.1, 0.15) is 0 Å². The van der Waals surface area contributed by atoms with Crippen molar-refractivity contribution in [1.29, 1.82) is 0 Å². The highest BCUT2D eigenvalue weighted by Crippen LogP contribution is 2.21. The van der Waals surface area contributed by atoms with E-state index in [4.69, 9.17) is 72.6 Å². The largest absolute Gasteiger partial charge is 0.478 e. The Morgan fingerprint density at radius 1 is 0.591 bits per heavy atom. The van der Waals surface area contributed by atoms with Crippen LogP contribution in [0.15, 0.2) is 73.2 Å². The molecule has 2 aromatic carbocycles. The number of hydrogen-bond acceptors (Lipinski definition) is 8. The zero-order valence-electron chi connectivity index (χ0n) is 23.0. The number of carboxylic acid groups (broad SMARTS) is 1. The van der Waals surface area contributed by atoms with Crippen LogP contribution in [0.25, 0.3) is 0 Å². The molecule has 0 saturated carbocycles. The topological polar surface area (TPSA) is 113 Å². The zero-order chi connectivity index (χ0) is 33.3. The predicted octanol–water partition coefficient (Wildman–Crippen LogP) is 7.09. The summed E-state index contributed by atoms with van der Waals surface area (Å²) < 4.78 is 10.4. The van der Waals surface area contributed by atoms with Crippen molar-refractivity contribution in [2.24, 2.45) is 0 Å². The minimum absolute atomic E-state index is 0.524. The number of anilines is 2. The summed E-state index contributed by atoms with van der Waals surface area (Å²) in [5, 5.41) is 5.57. The van der Waals surface area contributed by atoms with Gasteiger partial charge in [0.1, 0.15) is 11.5 Å². The van der Waals surface area contributed by atoms with Gasteiger partial charge in [-0.25, -0.2) is 4.79 Å². The second kappa shape index (κ2) is 25.9. The molecular weight excluding hydrogens is 724 g/mol. The molecule has 0 aliphatic carbocycles. The van der Waals surface area contributed by atoms with Gasteiger partial charge in [0.2, 0.25) is 5.24 Å². The van der Waals surface area contributed by atoms with Gasteiger partial charge in [0.25, 0.3) is 0 Å². The van der Waals surface area contributed by atoms with E-state index in [9.17, 15) is 19.2 Å². The van der Waals surface area contributed by atoms with Crippen LogP contribution in [0.3, 0.4) is 0 Å². The van der Waals surface area contributed by atoms with Crippen LogP contribution in [0, 0.1) is 0 Å². The summed E-state index contributed by atoms with van der Waals surface area (Å²) >= 11 is 37.1. The van der Waals surface area contributed by atoms with Gasteiger partial charge in [-0.1, -0.05) is 0 Å². The van der Waals surface area contributed by atoms with Crippen molar-refractivity contribution in [1.82, 2.24) is 0 Å². The fraction of sp³-hybridized carbons (Fsp3) is 0.286. The maximum absolute atomic E-state index is 10.5. The average molecular weight is 754 g/mol. The Hall–Kier alpha value is -2.37. The van der Waals surface area contributed by atoms with Gasteiger partial charge in [0.15, 0.2) is 0 Å². The third kappa shape index (κ3) is 20.6. The van der Waals surface area contributed by atoms with E-state index in [2.05, 4.69) is 33.0 Å². The highest BCUT2D eigenvalue weighted by molar-refractivity contribution is 6.97. The van der Waals surface area contributed by atoms with Gasteiger partial charge < -0.3 is 24.4 Å². The van der Waals surface area contributed by atoms with Crippen molar-refractivity contribution < 1.29 is 33.8 Å². The summed E-state index contributed by atoms with van der Waals surface area (Å²) in [7, 11) is 0. The summed E-state index contributed by atoms with van der Waals surface area (Å²) in [6.07, 6.45) is 4.45. The Morgan fingerprint density at radius 2 is 0.909 bits per heavy atom. The predicted molar refractivity (Wildman–Crippen MR) is 180 cm³/mol. The van der Waals surface area contributed by atoms with Crippen LogP contribution in [0.2, 0.25) is 0 Å². The van der Waals surface area contributed by atoms with Gasteiger partial charge in [-0.15, -0.1) is 46.4 Å². The molecule has 0 heterocycles. The molecule has 0 aliphatic rings. The first-order chi connectivity index (χ1) is 21.0. The molecule has 0 unspecified atom stereocenters. The lowest BCUT2D eigenvalue weighted by atomic mass is 10.2. The highest BCUT2D eigenvalue weighted by atomic mass is 35.5. The standard InChI is InChI=1S/C13H14Cl3NO2.C13H15Cl2NO3.C2Cl2O2/c14-6-8-17(9-7-15)11-1-3-12(4-2-11)19-10-5-13(16)18;14-6-8-16(9-7-15)11-1-3-12(4-2-11)19-10-5-13(17)18;3-1(5)2(4)6/h1-5,10H,6-9H2;1-5,10H,6-9H2,(H,17,18);/b2*10-5+;. The molecule has 0 saturated heterocycles. The lowest BCUT2D eigenvalue weighted by molar-refractivity contribution is -0.131. The number of aliphatic carboxylic acids is 1. The summed E-state index contributed by atoms with van der Waals surface area (Å²) in [6, 6.07) is 14.7. The molecule has 44 heavy (non-hydrogen) atoms. The maximum Gasteiger partial charge on any atom is 0.331 e. The van der Waals surface area contributed by atoms with Crippen molar-refractivity contribution in [2.45, 2.75) is 0 Å². The number of hydrogen-bond donors (Lipinski definition) is 1. The Balaban J connectivity index is 0.000000710. The Kier molecular flexibility index (Phi) is 24.5. The molecular formula is C28H29Cl7N2O7. The molecule has 2 rings (SSSR count). The second-order valence-electron chi connectivity index (χ2n) is 7.75. The number of alkyl halides is 4. The van der Waals surface area contributed by atoms with E-state index >= 15 is 0 Å². The summed E-state index contributed by atoms with van der Waals surface area (Å²) in [5.41, 5.74) is 2.02. The van der Waals surface area contributed by atoms with Crippen molar-refractivity contribution >= 4 is 114 Å². The first-order valence-electron chi connectivity index (χ1n) is 12.4. The number of carbonyl (C=O) groups excluding carboxylic acids is 3. The Labute approximate surface area is 290 Å². The number of rotatable bonds is 17. The van der Waals surface area contributed by atoms with Gasteiger partial charge in [-0.05, 0) is 83.3 Å². The second-order valence-corrected chi connectivity index (χ2v) is 10.3. The molecule has 0 radical (unpaired) electrons. The molecule has 2 aromatic rings. The number of carboxylic acids is 1. The van der Waals surface area contributed by atoms with Crippen LogP contribution in [-0.4, -0.2) is 76.5 Å². The third-order valence-corrected chi connectivity index (χ3v) is 6.04. The monoisotopic (exact) mass is 750 g/mol. The van der Waals surface area contributed by atoms with Crippen LogP contribution < -0.4 is 19.3 Å². The molecule has 0 spiro atoms.